The Kier molecular flexibility index (Phi) is 3.08. The topological polar surface area (TPSA) is 21.3 Å². The smallest absolute Gasteiger partial charge is 0.406 e. The van der Waals surface area contributed by atoms with Gasteiger partial charge in [-0.25, -0.2) is 0 Å². The number of benzene rings is 1. The van der Waals surface area contributed by atoms with E-state index in [-0.39, 0.29) is 5.75 Å². The molecule has 1 aromatic carbocycles. The molecule has 5 heteroatoms. The lowest BCUT2D eigenvalue weighted by molar-refractivity contribution is -0.274. The van der Waals surface area contributed by atoms with Crippen LogP contribution >= 0.6 is 0 Å². The van der Waals surface area contributed by atoms with Gasteiger partial charge in [0.25, 0.3) is 0 Å². The van der Waals surface area contributed by atoms with Crippen molar-refractivity contribution in [3.05, 3.63) is 48.2 Å². The highest BCUT2D eigenvalue weighted by molar-refractivity contribution is 5.75. The van der Waals surface area contributed by atoms with E-state index in [1.54, 1.807) is 18.3 Å². The van der Waals surface area contributed by atoms with Crippen molar-refractivity contribution < 1.29 is 17.9 Å². The number of rotatable bonds is 2. The first-order valence-electron chi connectivity index (χ1n) is 5.01. The number of dihydropyridines is 1. The number of halogens is 3. The van der Waals surface area contributed by atoms with E-state index in [2.05, 4.69) is 10.1 Å². The van der Waals surface area contributed by atoms with Crippen LogP contribution in [-0.2, 0) is 0 Å². The summed E-state index contributed by atoms with van der Waals surface area (Å²) >= 11 is 0. The Hall–Kier alpha value is -1.91. The molecule has 0 radical (unpaired) electrons. The minimum absolute atomic E-state index is 0.209. The molecule has 0 fully saturated rings. The molecule has 0 amide bonds. The lowest BCUT2D eigenvalue weighted by Gasteiger charge is -2.11. The van der Waals surface area contributed by atoms with Gasteiger partial charge in [0.05, 0.1) is 0 Å². The van der Waals surface area contributed by atoms with Crippen molar-refractivity contribution >= 4 is 5.57 Å². The molecule has 0 atom stereocenters. The van der Waals surface area contributed by atoms with Crippen LogP contribution in [0.3, 0.4) is 0 Å². The summed E-state index contributed by atoms with van der Waals surface area (Å²) in [6.45, 7) is 0.715. The zero-order chi connectivity index (χ0) is 12.3. The Morgan fingerprint density at radius 3 is 2.35 bits per heavy atom. The molecule has 0 aliphatic carbocycles. The molecule has 1 aliphatic heterocycles. The summed E-state index contributed by atoms with van der Waals surface area (Å²) in [4.78, 5) is 0. The Balaban J connectivity index is 2.13. The van der Waals surface area contributed by atoms with Crippen LogP contribution in [0.2, 0.25) is 0 Å². The van der Waals surface area contributed by atoms with Crippen molar-refractivity contribution in [3.63, 3.8) is 0 Å². The molecule has 2 nitrogen and oxygen atoms in total. The second kappa shape index (κ2) is 4.53. The second-order valence-corrected chi connectivity index (χ2v) is 3.47. The Morgan fingerprint density at radius 1 is 1.12 bits per heavy atom. The van der Waals surface area contributed by atoms with Crippen molar-refractivity contribution in [1.29, 1.82) is 0 Å². The maximum absolute atomic E-state index is 11.9. The van der Waals surface area contributed by atoms with E-state index in [0.29, 0.717) is 6.54 Å². The van der Waals surface area contributed by atoms with Gasteiger partial charge in [0.2, 0.25) is 0 Å². The zero-order valence-corrected chi connectivity index (χ0v) is 8.79. The van der Waals surface area contributed by atoms with Crippen LogP contribution in [-0.4, -0.2) is 12.9 Å². The minimum Gasteiger partial charge on any atom is -0.406 e. The first-order chi connectivity index (χ1) is 8.04. The normalized spacial score (nSPS) is 15.1. The monoisotopic (exact) mass is 241 g/mol. The van der Waals surface area contributed by atoms with Gasteiger partial charge in [0.1, 0.15) is 5.75 Å². The van der Waals surface area contributed by atoms with Gasteiger partial charge in [-0.1, -0.05) is 18.2 Å². The molecule has 0 aromatic heterocycles. The van der Waals surface area contributed by atoms with Crippen molar-refractivity contribution in [3.8, 4) is 5.75 Å². The maximum atomic E-state index is 11.9. The van der Waals surface area contributed by atoms with Crippen LogP contribution in [0.25, 0.3) is 5.57 Å². The second-order valence-electron chi connectivity index (χ2n) is 3.47. The molecule has 0 saturated carbocycles. The lowest BCUT2D eigenvalue weighted by Crippen LogP contribution is -2.17. The number of ether oxygens (including phenoxy) is 1. The van der Waals surface area contributed by atoms with Gasteiger partial charge in [-0.05, 0) is 35.5 Å². The largest absolute Gasteiger partial charge is 0.573 e. The van der Waals surface area contributed by atoms with Crippen molar-refractivity contribution in [2.24, 2.45) is 0 Å². The quantitative estimate of drug-likeness (QED) is 0.859. The molecular formula is C12H10F3NO. The molecule has 1 aromatic rings. The van der Waals surface area contributed by atoms with Crippen LogP contribution in [0.15, 0.2) is 42.6 Å². The molecule has 0 unspecified atom stereocenters. The number of hydrogen-bond donors (Lipinski definition) is 1. The predicted molar refractivity (Wildman–Crippen MR) is 58.2 cm³/mol. The van der Waals surface area contributed by atoms with Gasteiger partial charge in [0, 0.05) is 6.54 Å². The lowest BCUT2D eigenvalue weighted by atomic mass is 10.0. The van der Waals surface area contributed by atoms with Crippen molar-refractivity contribution in [2.45, 2.75) is 6.36 Å². The SMILES string of the molecule is FC(F)(F)Oc1ccc(C2=CCNC=C2)cc1. The van der Waals surface area contributed by atoms with Crippen molar-refractivity contribution in [1.82, 2.24) is 5.32 Å². The van der Waals surface area contributed by atoms with Gasteiger partial charge in [0.15, 0.2) is 0 Å². The van der Waals surface area contributed by atoms with Crippen LogP contribution in [0, 0.1) is 0 Å². The molecule has 0 bridgehead atoms. The van der Waals surface area contributed by atoms with Crippen molar-refractivity contribution in [2.75, 3.05) is 6.54 Å². The van der Waals surface area contributed by atoms with E-state index in [9.17, 15) is 13.2 Å². The Morgan fingerprint density at radius 2 is 1.82 bits per heavy atom. The fourth-order valence-corrected chi connectivity index (χ4v) is 1.52. The number of hydrogen-bond acceptors (Lipinski definition) is 2. The summed E-state index contributed by atoms with van der Waals surface area (Å²) in [5.41, 5.74) is 1.83. The van der Waals surface area contributed by atoms with Gasteiger partial charge in [-0.3, -0.25) is 0 Å². The molecule has 2 rings (SSSR count). The summed E-state index contributed by atoms with van der Waals surface area (Å²) in [5, 5.41) is 3.00. The number of nitrogens with one attached hydrogen (secondary N) is 1. The molecule has 1 aliphatic rings. The molecular weight excluding hydrogens is 231 g/mol. The average Bonchev–Trinajstić information content (AvgIpc) is 2.29. The van der Waals surface area contributed by atoms with Crippen LogP contribution in [0.4, 0.5) is 13.2 Å². The molecule has 0 saturated heterocycles. The summed E-state index contributed by atoms with van der Waals surface area (Å²) in [6.07, 6.45) is 0.980. The summed E-state index contributed by atoms with van der Waals surface area (Å²) < 4.78 is 39.6. The highest BCUT2D eigenvalue weighted by atomic mass is 19.4. The van der Waals surface area contributed by atoms with Crippen LogP contribution in [0.5, 0.6) is 5.75 Å². The molecule has 90 valence electrons. The third-order valence-corrected chi connectivity index (χ3v) is 2.24. The predicted octanol–water partition coefficient (Wildman–Crippen LogP) is 3.09. The fraction of sp³-hybridized carbons (Fsp3) is 0.167. The number of allylic oxidation sites excluding steroid dienone is 2. The van der Waals surface area contributed by atoms with Gasteiger partial charge < -0.3 is 10.1 Å². The third-order valence-electron chi connectivity index (χ3n) is 2.24. The van der Waals surface area contributed by atoms with E-state index >= 15 is 0 Å². The summed E-state index contributed by atoms with van der Waals surface area (Å²) in [7, 11) is 0. The molecule has 17 heavy (non-hydrogen) atoms. The standard InChI is InChI=1S/C12H10F3NO/c13-12(14,15)17-11-3-1-9(2-4-11)10-5-7-16-8-6-10/h1-7,16H,8H2. The Labute approximate surface area is 96.4 Å². The zero-order valence-electron chi connectivity index (χ0n) is 8.79. The van der Waals surface area contributed by atoms with Crippen LogP contribution in [0.1, 0.15) is 5.56 Å². The first kappa shape index (κ1) is 11.6. The van der Waals surface area contributed by atoms with E-state index in [0.717, 1.165) is 11.1 Å². The van der Waals surface area contributed by atoms with Gasteiger partial charge in [-0.15, -0.1) is 13.2 Å². The van der Waals surface area contributed by atoms with E-state index in [4.69, 9.17) is 0 Å². The summed E-state index contributed by atoms with van der Waals surface area (Å²) in [6, 6.07) is 5.81. The average molecular weight is 241 g/mol. The molecule has 1 heterocycles. The first-order valence-corrected chi connectivity index (χ1v) is 5.01. The maximum Gasteiger partial charge on any atom is 0.573 e. The number of alkyl halides is 3. The third kappa shape index (κ3) is 3.27. The van der Waals surface area contributed by atoms with Crippen LogP contribution < -0.4 is 10.1 Å². The highest BCUT2D eigenvalue weighted by Gasteiger charge is 2.30. The summed E-state index contributed by atoms with van der Waals surface area (Å²) in [5.74, 6) is -0.209. The molecule has 1 N–H and O–H groups in total. The van der Waals surface area contributed by atoms with E-state index in [1.807, 2.05) is 12.2 Å². The van der Waals surface area contributed by atoms with Gasteiger partial charge >= 0.3 is 6.36 Å². The Bertz CT molecular complexity index is 446. The van der Waals surface area contributed by atoms with Gasteiger partial charge in [-0.2, -0.15) is 0 Å². The fourth-order valence-electron chi connectivity index (χ4n) is 1.52. The minimum atomic E-state index is -4.64. The molecule has 0 spiro atoms. The highest BCUT2D eigenvalue weighted by Crippen LogP contribution is 2.25. The van der Waals surface area contributed by atoms with E-state index < -0.39 is 6.36 Å². The van der Waals surface area contributed by atoms with E-state index in [1.165, 1.54) is 12.1 Å².